The molecule has 1 aromatic heterocycles. The van der Waals surface area contributed by atoms with Gasteiger partial charge in [-0.25, -0.2) is 19.4 Å². The van der Waals surface area contributed by atoms with E-state index >= 15 is 0 Å². The monoisotopic (exact) mass is 637 g/mol. The smallest absolute Gasteiger partial charge is 0.418 e. The van der Waals surface area contributed by atoms with Gasteiger partial charge in [0.15, 0.2) is 0 Å². The van der Waals surface area contributed by atoms with Crippen molar-refractivity contribution in [2.45, 2.75) is 83.8 Å². The second-order valence-electron chi connectivity index (χ2n) is 12.7. The third-order valence-electron chi connectivity index (χ3n) is 6.68. The van der Waals surface area contributed by atoms with Gasteiger partial charge in [0.2, 0.25) is 0 Å². The first-order chi connectivity index (χ1) is 20.8. The molecule has 2 heterocycles. The van der Waals surface area contributed by atoms with Crippen molar-refractivity contribution in [1.82, 2.24) is 15.2 Å². The third kappa shape index (κ3) is 9.46. The summed E-state index contributed by atoms with van der Waals surface area (Å²) in [5.74, 6) is -1.27. The number of nitrogens with zero attached hydrogens (tertiary/aromatic N) is 3. The number of amides is 2. The van der Waals surface area contributed by atoms with Crippen LogP contribution in [0.1, 0.15) is 59.9 Å². The number of likely N-dealkylation sites (tertiary alicyclic amines) is 1. The summed E-state index contributed by atoms with van der Waals surface area (Å²) in [5.41, 5.74) is -2.58. The molecule has 1 aliphatic rings. The summed E-state index contributed by atoms with van der Waals surface area (Å²) in [4.78, 5) is 45.6. The van der Waals surface area contributed by atoms with Crippen molar-refractivity contribution in [2.75, 3.05) is 36.9 Å². The van der Waals surface area contributed by atoms with Crippen LogP contribution in [0.4, 0.5) is 34.3 Å². The summed E-state index contributed by atoms with van der Waals surface area (Å²) < 4.78 is 53.3. The van der Waals surface area contributed by atoms with Crippen LogP contribution in [0.3, 0.4) is 0 Å². The van der Waals surface area contributed by atoms with Gasteiger partial charge in [-0.15, -0.1) is 0 Å². The summed E-state index contributed by atoms with van der Waals surface area (Å²) in [6.45, 7) is 10.5. The molecule has 2 amide bonds. The quantitative estimate of drug-likeness (QED) is 0.284. The number of benzene rings is 1. The van der Waals surface area contributed by atoms with Gasteiger partial charge in [0.25, 0.3) is 0 Å². The molecule has 0 spiro atoms. The number of para-hydroxylation sites is 1. The molecule has 0 aliphatic carbocycles. The summed E-state index contributed by atoms with van der Waals surface area (Å²) in [6.07, 6.45) is -5.98. The first-order valence-corrected chi connectivity index (χ1v) is 14.6. The van der Waals surface area contributed by atoms with Crippen molar-refractivity contribution in [3.05, 3.63) is 42.0 Å². The molecular formula is C31H42F3N5O6. The second kappa shape index (κ2) is 13.9. The highest BCUT2D eigenvalue weighted by atomic mass is 19.4. The van der Waals surface area contributed by atoms with Crippen LogP contribution in [-0.2, 0) is 20.4 Å². The predicted octanol–water partition coefficient (Wildman–Crippen LogP) is 5.99. The number of nitrogens with one attached hydrogen (secondary N) is 2. The molecule has 1 fully saturated rings. The fourth-order valence-electron chi connectivity index (χ4n) is 4.88. The number of alkyl halides is 3. The van der Waals surface area contributed by atoms with Crippen molar-refractivity contribution in [3.63, 3.8) is 0 Å². The molecule has 0 saturated carbocycles. The summed E-state index contributed by atoms with van der Waals surface area (Å²) in [7, 11) is 1.75. The largest absolute Gasteiger partial charge is 0.480 e. The fourth-order valence-corrected chi connectivity index (χ4v) is 4.88. The number of pyridine rings is 1. The molecule has 0 radical (unpaired) electrons. The van der Waals surface area contributed by atoms with E-state index in [9.17, 15) is 32.7 Å². The van der Waals surface area contributed by atoms with Crippen LogP contribution in [0.15, 0.2) is 36.4 Å². The number of hydrogen-bond acceptors (Lipinski definition) is 8. The standard InChI is InChI=1S/C31H42F3N5O6/c1-29(2,3)44-27(42)38-18-19(17-23(38)26(40)41)39(28(43)45-30(4,5)6)24-14-9-13-22(37-24)20-11-8-12-21(31(32,33)34)25(20)36-16-10-15-35-7/h8-9,11-14,19,23,35-36H,10,15-18H2,1-7H3,(H,40,41)/t19-,23-/m0/s1. The first-order valence-electron chi connectivity index (χ1n) is 14.6. The van der Waals surface area contributed by atoms with E-state index in [1.54, 1.807) is 48.6 Å². The van der Waals surface area contributed by atoms with Crippen LogP contribution in [0.5, 0.6) is 0 Å². The number of aromatic nitrogens is 1. The van der Waals surface area contributed by atoms with Crippen LogP contribution in [0.2, 0.25) is 0 Å². The number of carbonyl (C=O) groups excluding carboxylic acids is 2. The number of anilines is 2. The maximum absolute atomic E-state index is 14.1. The lowest BCUT2D eigenvalue weighted by molar-refractivity contribution is -0.142. The number of hydrogen-bond donors (Lipinski definition) is 3. The number of aliphatic carboxylic acids is 1. The zero-order valence-corrected chi connectivity index (χ0v) is 26.6. The van der Waals surface area contributed by atoms with E-state index in [-0.39, 0.29) is 42.3 Å². The Kier molecular flexibility index (Phi) is 11.0. The van der Waals surface area contributed by atoms with Crippen LogP contribution >= 0.6 is 0 Å². The predicted molar refractivity (Wildman–Crippen MR) is 163 cm³/mol. The Morgan fingerprint density at radius 3 is 2.22 bits per heavy atom. The molecule has 0 bridgehead atoms. The molecule has 1 aliphatic heterocycles. The number of rotatable bonds is 9. The van der Waals surface area contributed by atoms with Gasteiger partial charge in [0, 0.05) is 25.1 Å². The number of carboxylic acids is 1. The SMILES string of the molecule is CNCCCNc1c(-c2cccc(N(C(=O)OC(C)(C)C)[C@H]3C[C@@H](C(=O)O)N(C(=O)OC(C)(C)C)C3)n2)cccc1C(F)(F)F. The number of carboxylic acid groups (broad SMARTS) is 1. The molecule has 2 aromatic rings. The Morgan fingerprint density at radius 2 is 1.64 bits per heavy atom. The molecule has 2 atom stereocenters. The molecule has 0 unspecified atom stereocenters. The van der Waals surface area contributed by atoms with E-state index in [2.05, 4.69) is 15.6 Å². The number of ether oxygens (including phenoxy) is 2. The third-order valence-corrected chi connectivity index (χ3v) is 6.68. The lowest BCUT2D eigenvalue weighted by Gasteiger charge is -2.31. The minimum Gasteiger partial charge on any atom is -0.480 e. The van der Waals surface area contributed by atoms with Gasteiger partial charge in [0.05, 0.1) is 23.0 Å². The lowest BCUT2D eigenvalue weighted by Crippen LogP contribution is -2.46. The van der Waals surface area contributed by atoms with Gasteiger partial charge in [-0.2, -0.15) is 13.2 Å². The van der Waals surface area contributed by atoms with Crippen molar-refractivity contribution in [1.29, 1.82) is 0 Å². The van der Waals surface area contributed by atoms with Gasteiger partial charge in [-0.1, -0.05) is 18.2 Å². The zero-order valence-electron chi connectivity index (χ0n) is 26.6. The lowest BCUT2D eigenvalue weighted by atomic mass is 10.0. The number of carbonyl (C=O) groups is 3. The van der Waals surface area contributed by atoms with E-state index < -0.39 is 53.2 Å². The fraction of sp³-hybridized carbons (Fsp3) is 0.548. The van der Waals surface area contributed by atoms with Gasteiger partial charge in [-0.05, 0) is 79.8 Å². The van der Waals surface area contributed by atoms with Gasteiger partial charge in [0.1, 0.15) is 23.1 Å². The van der Waals surface area contributed by atoms with Crippen LogP contribution in [0.25, 0.3) is 11.3 Å². The van der Waals surface area contributed by atoms with E-state index in [0.717, 1.165) is 15.9 Å². The molecule has 11 nitrogen and oxygen atoms in total. The zero-order chi connectivity index (χ0) is 33.7. The van der Waals surface area contributed by atoms with Crippen molar-refractivity contribution < 1.29 is 42.1 Å². The topological polar surface area (TPSA) is 133 Å². The summed E-state index contributed by atoms with van der Waals surface area (Å²) in [5, 5.41) is 15.8. The Morgan fingerprint density at radius 1 is 1.00 bits per heavy atom. The molecular weight excluding hydrogens is 595 g/mol. The minimum atomic E-state index is -4.65. The molecule has 14 heteroatoms. The van der Waals surface area contributed by atoms with E-state index in [1.807, 2.05) is 0 Å². The highest BCUT2D eigenvalue weighted by Crippen LogP contribution is 2.40. The highest BCUT2D eigenvalue weighted by Gasteiger charge is 2.46. The van der Waals surface area contributed by atoms with Gasteiger partial charge in [-0.3, -0.25) is 9.80 Å². The molecule has 1 aromatic carbocycles. The van der Waals surface area contributed by atoms with E-state index in [4.69, 9.17) is 9.47 Å². The normalized spacial score (nSPS) is 17.2. The van der Waals surface area contributed by atoms with Crippen LogP contribution in [0, 0.1) is 0 Å². The second-order valence-corrected chi connectivity index (χ2v) is 12.7. The maximum Gasteiger partial charge on any atom is 0.418 e. The van der Waals surface area contributed by atoms with Gasteiger partial charge < -0.3 is 25.2 Å². The van der Waals surface area contributed by atoms with Crippen LogP contribution in [-0.4, -0.2) is 83.1 Å². The Bertz CT molecular complexity index is 1370. The Labute approximate surface area is 261 Å². The van der Waals surface area contributed by atoms with E-state index in [1.165, 1.54) is 30.3 Å². The van der Waals surface area contributed by atoms with E-state index in [0.29, 0.717) is 13.0 Å². The summed E-state index contributed by atoms with van der Waals surface area (Å²) >= 11 is 0. The maximum atomic E-state index is 14.1. The van der Waals surface area contributed by atoms with Crippen molar-refractivity contribution in [3.8, 4) is 11.3 Å². The molecule has 45 heavy (non-hydrogen) atoms. The molecule has 1 saturated heterocycles. The molecule has 3 rings (SSSR count). The first kappa shape index (κ1) is 35.4. The van der Waals surface area contributed by atoms with Crippen LogP contribution < -0.4 is 15.5 Å². The number of halogens is 3. The Hall–Kier alpha value is -4.07. The molecule has 3 N–H and O–H groups in total. The molecule has 248 valence electrons. The average Bonchev–Trinajstić information content (AvgIpc) is 3.34. The minimum absolute atomic E-state index is 0.0143. The van der Waals surface area contributed by atoms with Gasteiger partial charge >= 0.3 is 24.3 Å². The highest BCUT2D eigenvalue weighted by molar-refractivity contribution is 5.90. The average molecular weight is 638 g/mol. The van der Waals surface area contributed by atoms with Crippen molar-refractivity contribution >= 4 is 29.7 Å². The summed E-state index contributed by atoms with van der Waals surface area (Å²) in [6, 6.07) is 6.09. The van der Waals surface area contributed by atoms with Crippen molar-refractivity contribution in [2.24, 2.45) is 0 Å². The Balaban J connectivity index is 2.10.